The van der Waals surface area contributed by atoms with E-state index in [4.69, 9.17) is 21.6 Å². The van der Waals surface area contributed by atoms with Crippen molar-refractivity contribution < 1.29 is 14.3 Å². The minimum absolute atomic E-state index is 0.0978. The number of anilines is 1. The van der Waals surface area contributed by atoms with Gasteiger partial charge in [-0.3, -0.25) is 9.59 Å². The van der Waals surface area contributed by atoms with Crippen LogP contribution in [0.4, 0.5) is 5.69 Å². The van der Waals surface area contributed by atoms with E-state index in [1.54, 1.807) is 29.0 Å². The van der Waals surface area contributed by atoms with Crippen LogP contribution in [0.15, 0.2) is 54.6 Å². The molecule has 2 rings (SSSR count). The average molecular weight is 428 g/mol. The Morgan fingerprint density at radius 3 is 2.47 bits per heavy atom. The van der Waals surface area contributed by atoms with Crippen LogP contribution in [0.5, 0.6) is 5.75 Å². The number of para-hydroxylation sites is 1. The van der Waals surface area contributed by atoms with E-state index in [1.807, 2.05) is 42.5 Å². The van der Waals surface area contributed by atoms with Gasteiger partial charge in [0.2, 0.25) is 11.8 Å². The number of benzene rings is 2. The molecule has 0 atom stereocenters. The molecule has 0 spiro atoms. The molecule has 0 aliphatic heterocycles. The molecule has 2 aromatic rings. The number of ether oxygens (including phenoxy) is 1. The van der Waals surface area contributed by atoms with Crippen LogP contribution in [0.1, 0.15) is 25.7 Å². The number of hydrogen-bond acceptors (Lipinski definition) is 4. The lowest BCUT2D eigenvalue weighted by Gasteiger charge is -2.22. The van der Waals surface area contributed by atoms with E-state index in [2.05, 4.69) is 6.07 Å². The molecule has 0 aliphatic carbocycles. The van der Waals surface area contributed by atoms with Crippen molar-refractivity contribution in [1.82, 2.24) is 4.90 Å². The number of nitrogens with zero attached hydrogens (tertiary/aromatic N) is 3. The number of rotatable bonds is 11. The predicted octanol–water partition coefficient (Wildman–Crippen LogP) is 4.29. The van der Waals surface area contributed by atoms with Gasteiger partial charge >= 0.3 is 0 Å². The Balaban J connectivity index is 1.75. The van der Waals surface area contributed by atoms with Crippen LogP contribution in [-0.4, -0.2) is 43.5 Å². The second-order valence-corrected chi connectivity index (χ2v) is 7.20. The fourth-order valence-electron chi connectivity index (χ4n) is 2.88. The van der Waals surface area contributed by atoms with Crippen LogP contribution in [0.2, 0.25) is 5.02 Å². The topological polar surface area (TPSA) is 73.6 Å². The zero-order valence-electron chi connectivity index (χ0n) is 17.1. The molecule has 0 unspecified atom stereocenters. The zero-order valence-corrected chi connectivity index (χ0v) is 17.8. The van der Waals surface area contributed by atoms with Crippen molar-refractivity contribution in [3.63, 3.8) is 0 Å². The van der Waals surface area contributed by atoms with Gasteiger partial charge in [-0.1, -0.05) is 35.9 Å². The summed E-state index contributed by atoms with van der Waals surface area (Å²) in [6.07, 6.45) is 1.13. The first-order chi connectivity index (χ1) is 14.5. The van der Waals surface area contributed by atoms with Crippen molar-refractivity contribution in [3.05, 3.63) is 59.6 Å². The third-order valence-corrected chi connectivity index (χ3v) is 4.73. The molecule has 0 aliphatic rings. The monoisotopic (exact) mass is 427 g/mol. The van der Waals surface area contributed by atoms with Gasteiger partial charge in [0.05, 0.1) is 19.1 Å². The molecule has 0 radical (unpaired) electrons. The molecule has 2 aromatic carbocycles. The van der Waals surface area contributed by atoms with Gasteiger partial charge in [0.1, 0.15) is 5.75 Å². The normalized spacial score (nSPS) is 10.2. The van der Waals surface area contributed by atoms with E-state index >= 15 is 0 Å². The van der Waals surface area contributed by atoms with Gasteiger partial charge in [-0.05, 0) is 36.8 Å². The van der Waals surface area contributed by atoms with Crippen LogP contribution in [0.25, 0.3) is 0 Å². The summed E-state index contributed by atoms with van der Waals surface area (Å²) in [6, 6.07) is 18.4. The number of carbonyl (C=O) groups is 2. The first kappa shape index (κ1) is 23.2. The van der Waals surface area contributed by atoms with E-state index < -0.39 is 0 Å². The van der Waals surface area contributed by atoms with Crippen molar-refractivity contribution in [2.75, 3.05) is 31.6 Å². The number of hydrogen-bond donors (Lipinski definition) is 0. The molecular weight excluding hydrogens is 402 g/mol. The van der Waals surface area contributed by atoms with E-state index in [-0.39, 0.29) is 31.1 Å². The molecule has 0 fully saturated rings. The molecule has 6 nitrogen and oxygen atoms in total. The molecule has 0 saturated heterocycles. The smallest absolute Gasteiger partial charge is 0.227 e. The quantitative estimate of drug-likeness (QED) is 0.501. The number of nitriles is 1. The van der Waals surface area contributed by atoms with Crippen LogP contribution >= 0.6 is 11.6 Å². The van der Waals surface area contributed by atoms with Crippen LogP contribution in [0, 0.1) is 11.3 Å². The molecule has 2 amide bonds. The highest BCUT2D eigenvalue weighted by atomic mass is 35.5. The minimum Gasteiger partial charge on any atom is -0.493 e. The summed E-state index contributed by atoms with van der Waals surface area (Å²) < 4.78 is 5.62. The molecule has 158 valence electrons. The van der Waals surface area contributed by atoms with Gasteiger partial charge < -0.3 is 14.5 Å². The minimum atomic E-state index is -0.164. The third-order valence-electron chi connectivity index (χ3n) is 4.50. The summed E-state index contributed by atoms with van der Waals surface area (Å²) in [5.41, 5.74) is 0.733. The van der Waals surface area contributed by atoms with Crippen LogP contribution < -0.4 is 9.64 Å². The maximum absolute atomic E-state index is 12.6. The summed E-state index contributed by atoms with van der Waals surface area (Å²) in [6.45, 7) is 1.31. The van der Waals surface area contributed by atoms with E-state index in [0.717, 1.165) is 5.69 Å². The van der Waals surface area contributed by atoms with Gasteiger partial charge in [-0.25, -0.2) is 0 Å². The average Bonchev–Trinajstić information content (AvgIpc) is 2.76. The zero-order chi connectivity index (χ0) is 21.8. The lowest BCUT2D eigenvalue weighted by Crippen LogP contribution is -2.34. The van der Waals surface area contributed by atoms with Crippen molar-refractivity contribution in [1.29, 1.82) is 5.26 Å². The molecule has 30 heavy (non-hydrogen) atoms. The molecule has 0 saturated carbocycles. The van der Waals surface area contributed by atoms with Crippen molar-refractivity contribution in [2.45, 2.75) is 25.7 Å². The van der Waals surface area contributed by atoms with Crippen LogP contribution in [0.3, 0.4) is 0 Å². The highest BCUT2D eigenvalue weighted by molar-refractivity contribution is 6.30. The largest absolute Gasteiger partial charge is 0.493 e. The predicted molar refractivity (Wildman–Crippen MR) is 117 cm³/mol. The Morgan fingerprint density at radius 2 is 1.77 bits per heavy atom. The van der Waals surface area contributed by atoms with Gasteiger partial charge in [0.25, 0.3) is 0 Å². The SMILES string of the molecule is CN(CCCOc1cccc(Cl)c1)C(=O)CCC(=O)N(CCC#N)c1ccccc1. The van der Waals surface area contributed by atoms with Gasteiger partial charge in [-0.2, -0.15) is 5.26 Å². The third kappa shape index (κ3) is 7.76. The Bertz CT molecular complexity index is 867. The highest BCUT2D eigenvalue weighted by Gasteiger charge is 2.18. The molecule has 0 N–H and O–H groups in total. The van der Waals surface area contributed by atoms with Crippen molar-refractivity contribution >= 4 is 29.1 Å². The van der Waals surface area contributed by atoms with E-state index in [0.29, 0.717) is 36.9 Å². The summed E-state index contributed by atoms with van der Waals surface area (Å²) >= 11 is 5.92. The first-order valence-electron chi connectivity index (χ1n) is 9.86. The second-order valence-electron chi connectivity index (χ2n) is 6.76. The van der Waals surface area contributed by atoms with Crippen molar-refractivity contribution in [3.8, 4) is 11.8 Å². The fourth-order valence-corrected chi connectivity index (χ4v) is 3.06. The van der Waals surface area contributed by atoms with Gasteiger partial charge in [0, 0.05) is 43.7 Å². The number of amides is 2. The highest BCUT2D eigenvalue weighted by Crippen LogP contribution is 2.18. The summed E-state index contributed by atoms with van der Waals surface area (Å²) in [7, 11) is 1.72. The van der Waals surface area contributed by atoms with E-state index in [9.17, 15) is 9.59 Å². The second kappa shape index (κ2) is 12.5. The maximum Gasteiger partial charge on any atom is 0.227 e. The Kier molecular flexibility index (Phi) is 9.69. The number of carbonyl (C=O) groups excluding carboxylic acids is 2. The Hall–Kier alpha value is -3.04. The molecule has 0 heterocycles. The first-order valence-corrected chi connectivity index (χ1v) is 10.2. The fraction of sp³-hybridized carbons (Fsp3) is 0.348. The Morgan fingerprint density at radius 1 is 1.03 bits per heavy atom. The molecule has 0 bridgehead atoms. The molecular formula is C23H26ClN3O3. The lowest BCUT2D eigenvalue weighted by atomic mass is 10.2. The van der Waals surface area contributed by atoms with E-state index in [1.165, 1.54) is 0 Å². The van der Waals surface area contributed by atoms with Gasteiger partial charge in [-0.15, -0.1) is 0 Å². The Labute approximate surface area is 182 Å². The van der Waals surface area contributed by atoms with Gasteiger partial charge in [0.15, 0.2) is 0 Å². The molecule has 7 heteroatoms. The van der Waals surface area contributed by atoms with Crippen molar-refractivity contribution in [2.24, 2.45) is 0 Å². The standard InChI is InChI=1S/C23H26ClN3O3/c1-26(15-7-17-30-21-11-5-8-19(24)18-21)22(28)12-13-23(29)27(16-6-14-25)20-9-3-2-4-10-20/h2-5,8-11,18H,6-7,12-13,15-17H2,1H3. The maximum atomic E-state index is 12.6. The molecule has 0 aromatic heterocycles. The summed E-state index contributed by atoms with van der Waals surface area (Å²) in [4.78, 5) is 28.2. The summed E-state index contributed by atoms with van der Waals surface area (Å²) in [5, 5.41) is 9.47. The summed E-state index contributed by atoms with van der Waals surface area (Å²) in [5.74, 6) is 0.433. The number of halogens is 1. The van der Waals surface area contributed by atoms with Crippen LogP contribution in [-0.2, 0) is 9.59 Å². The lowest BCUT2D eigenvalue weighted by molar-refractivity contribution is -0.132.